The molecule has 1 aliphatic rings. The molecule has 0 aliphatic carbocycles. The van der Waals surface area contributed by atoms with Crippen LogP contribution in [0.25, 0.3) is 0 Å². The smallest absolute Gasteiger partial charge is 0.156 e. The van der Waals surface area contributed by atoms with Crippen LogP contribution in [-0.2, 0) is 11.2 Å². The van der Waals surface area contributed by atoms with Crippen molar-refractivity contribution < 1.29 is 9.18 Å². The van der Waals surface area contributed by atoms with Gasteiger partial charge >= 0.3 is 0 Å². The maximum absolute atomic E-state index is 13.1. The first-order valence-corrected chi connectivity index (χ1v) is 6.53. The van der Waals surface area contributed by atoms with Crippen molar-refractivity contribution in [2.45, 2.75) is 31.7 Å². The predicted octanol–water partition coefficient (Wildman–Crippen LogP) is 2.84. The fraction of sp³-hybridized carbons (Fsp3) is 0.462. The largest absolute Gasteiger partial charge is 0.305 e. The van der Waals surface area contributed by atoms with Crippen LogP contribution in [0.4, 0.5) is 4.39 Å². The molecule has 0 saturated carbocycles. The fourth-order valence-corrected chi connectivity index (χ4v) is 2.59. The molecule has 1 N–H and O–H groups in total. The van der Waals surface area contributed by atoms with Crippen molar-refractivity contribution in [3.05, 3.63) is 34.1 Å². The van der Waals surface area contributed by atoms with Gasteiger partial charge in [0.25, 0.3) is 0 Å². The molecule has 1 heterocycles. The Bertz CT molecular complexity index is 441. The molecule has 1 fully saturated rings. The molecule has 1 aromatic carbocycles. The van der Waals surface area contributed by atoms with Gasteiger partial charge in [0, 0.05) is 6.42 Å². The summed E-state index contributed by atoms with van der Waals surface area (Å²) in [7, 11) is 0. The lowest BCUT2D eigenvalue weighted by atomic mass is 9.90. The Kier molecular flexibility index (Phi) is 3.64. The molecule has 0 spiro atoms. The maximum atomic E-state index is 13.1. The van der Waals surface area contributed by atoms with Gasteiger partial charge in [0.15, 0.2) is 5.78 Å². The standard InChI is InChI=1S/C13H15BrFNO/c1-13(5-2-6-16-13)12(17)8-9-3-4-11(15)10(14)7-9/h3-4,7,16H,2,5-6,8H2,1H3. The molecule has 17 heavy (non-hydrogen) atoms. The summed E-state index contributed by atoms with van der Waals surface area (Å²) >= 11 is 3.13. The van der Waals surface area contributed by atoms with E-state index in [0.29, 0.717) is 10.9 Å². The van der Waals surface area contributed by atoms with Crippen LogP contribution < -0.4 is 5.32 Å². The molecule has 2 rings (SSSR count). The molecule has 92 valence electrons. The lowest BCUT2D eigenvalue weighted by molar-refractivity contribution is -0.123. The molecule has 2 nitrogen and oxygen atoms in total. The van der Waals surface area contributed by atoms with Crippen molar-refractivity contribution in [3.63, 3.8) is 0 Å². The molecule has 1 unspecified atom stereocenters. The van der Waals surface area contributed by atoms with Crippen LogP contribution >= 0.6 is 15.9 Å². The van der Waals surface area contributed by atoms with E-state index in [9.17, 15) is 9.18 Å². The number of carbonyl (C=O) groups excluding carboxylic acids is 1. The SMILES string of the molecule is CC1(C(=O)Cc2ccc(F)c(Br)c2)CCCN1. The third kappa shape index (κ3) is 2.75. The first-order chi connectivity index (χ1) is 8.01. The van der Waals surface area contributed by atoms with Crippen LogP contribution in [0.5, 0.6) is 0 Å². The van der Waals surface area contributed by atoms with E-state index in [1.165, 1.54) is 6.07 Å². The molecule has 1 aromatic rings. The molecule has 1 saturated heterocycles. The van der Waals surface area contributed by atoms with E-state index in [0.717, 1.165) is 24.9 Å². The Morgan fingerprint density at radius 3 is 2.94 bits per heavy atom. The average molecular weight is 300 g/mol. The number of hydrogen-bond acceptors (Lipinski definition) is 2. The highest BCUT2D eigenvalue weighted by molar-refractivity contribution is 9.10. The van der Waals surface area contributed by atoms with E-state index in [1.807, 2.05) is 6.92 Å². The van der Waals surface area contributed by atoms with Gasteiger partial charge in [0.05, 0.1) is 10.0 Å². The summed E-state index contributed by atoms with van der Waals surface area (Å²) in [5.74, 6) is -0.125. The topological polar surface area (TPSA) is 29.1 Å². The number of benzene rings is 1. The van der Waals surface area contributed by atoms with Crippen molar-refractivity contribution in [1.82, 2.24) is 5.32 Å². The minimum Gasteiger partial charge on any atom is -0.305 e. The van der Waals surface area contributed by atoms with Crippen LogP contribution in [0.3, 0.4) is 0 Å². The van der Waals surface area contributed by atoms with Crippen molar-refractivity contribution >= 4 is 21.7 Å². The van der Waals surface area contributed by atoms with Gasteiger partial charge in [-0.25, -0.2) is 4.39 Å². The first kappa shape index (κ1) is 12.7. The van der Waals surface area contributed by atoms with E-state index < -0.39 is 5.54 Å². The highest BCUT2D eigenvalue weighted by atomic mass is 79.9. The summed E-state index contributed by atoms with van der Waals surface area (Å²) in [5, 5.41) is 3.24. The highest BCUT2D eigenvalue weighted by Crippen LogP contribution is 2.23. The number of hydrogen-bond donors (Lipinski definition) is 1. The number of ketones is 1. The zero-order valence-electron chi connectivity index (χ0n) is 9.72. The van der Waals surface area contributed by atoms with Gasteiger partial charge in [-0.1, -0.05) is 6.07 Å². The molecular weight excluding hydrogens is 285 g/mol. The van der Waals surface area contributed by atoms with E-state index in [-0.39, 0.29) is 11.6 Å². The molecule has 4 heteroatoms. The van der Waals surface area contributed by atoms with Gasteiger partial charge in [0.1, 0.15) is 5.82 Å². The van der Waals surface area contributed by atoms with Crippen LogP contribution in [0.1, 0.15) is 25.3 Å². The lowest BCUT2D eigenvalue weighted by Gasteiger charge is -2.22. The van der Waals surface area contributed by atoms with Gasteiger partial charge in [0.2, 0.25) is 0 Å². The molecule has 0 bridgehead atoms. The second-order valence-corrected chi connectivity index (χ2v) is 5.57. The average Bonchev–Trinajstić information content (AvgIpc) is 2.72. The zero-order chi connectivity index (χ0) is 12.5. The normalized spacial score (nSPS) is 23.9. The van der Waals surface area contributed by atoms with Crippen molar-refractivity contribution in [1.29, 1.82) is 0 Å². The van der Waals surface area contributed by atoms with Gasteiger partial charge < -0.3 is 5.32 Å². The number of halogens is 2. The second-order valence-electron chi connectivity index (χ2n) is 4.71. The van der Waals surface area contributed by atoms with Crippen molar-refractivity contribution in [2.75, 3.05) is 6.54 Å². The zero-order valence-corrected chi connectivity index (χ0v) is 11.3. The number of Topliss-reactive ketones (excluding diaryl/α,β-unsaturated/α-hetero) is 1. The first-order valence-electron chi connectivity index (χ1n) is 5.73. The number of nitrogens with one attached hydrogen (secondary N) is 1. The van der Waals surface area contributed by atoms with E-state index in [2.05, 4.69) is 21.2 Å². The number of rotatable bonds is 3. The Balaban J connectivity index is 2.10. The predicted molar refractivity (Wildman–Crippen MR) is 68.5 cm³/mol. The quantitative estimate of drug-likeness (QED) is 0.930. The van der Waals surface area contributed by atoms with Crippen LogP contribution in [0.2, 0.25) is 0 Å². The van der Waals surface area contributed by atoms with E-state index in [4.69, 9.17) is 0 Å². The summed E-state index contributed by atoms with van der Waals surface area (Å²) in [4.78, 5) is 12.2. The third-order valence-electron chi connectivity index (χ3n) is 3.33. The van der Waals surface area contributed by atoms with Gasteiger partial charge in [-0.05, 0) is 59.9 Å². The van der Waals surface area contributed by atoms with Crippen LogP contribution in [-0.4, -0.2) is 17.9 Å². The molecule has 0 aromatic heterocycles. The van der Waals surface area contributed by atoms with Crippen LogP contribution in [0, 0.1) is 5.82 Å². The van der Waals surface area contributed by atoms with E-state index >= 15 is 0 Å². The summed E-state index contributed by atoms with van der Waals surface area (Å²) in [6.07, 6.45) is 2.27. The Labute approximate surface area is 109 Å². The van der Waals surface area contributed by atoms with Gasteiger partial charge in [-0.15, -0.1) is 0 Å². The summed E-state index contributed by atoms with van der Waals surface area (Å²) < 4.78 is 13.5. The Hall–Kier alpha value is -0.740. The van der Waals surface area contributed by atoms with Crippen molar-refractivity contribution in [2.24, 2.45) is 0 Å². The van der Waals surface area contributed by atoms with Crippen LogP contribution in [0.15, 0.2) is 22.7 Å². The monoisotopic (exact) mass is 299 g/mol. The van der Waals surface area contributed by atoms with Gasteiger partial charge in [-0.3, -0.25) is 4.79 Å². The Morgan fingerprint density at radius 1 is 1.59 bits per heavy atom. The summed E-state index contributed by atoms with van der Waals surface area (Å²) in [6.45, 7) is 2.84. The minimum atomic E-state index is -0.402. The molecule has 1 aliphatic heterocycles. The van der Waals surface area contributed by atoms with Gasteiger partial charge in [-0.2, -0.15) is 0 Å². The lowest BCUT2D eigenvalue weighted by Crippen LogP contribution is -2.45. The number of carbonyl (C=O) groups is 1. The molecule has 0 amide bonds. The fourth-order valence-electron chi connectivity index (χ4n) is 2.16. The highest BCUT2D eigenvalue weighted by Gasteiger charge is 2.35. The second kappa shape index (κ2) is 4.86. The molecule has 0 radical (unpaired) electrons. The van der Waals surface area contributed by atoms with Crippen molar-refractivity contribution in [3.8, 4) is 0 Å². The molecule has 1 atom stereocenters. The van der Waals surface area contributed by atoms with E-state index in [1.54, 1.807) is 12.1 Å². The maximum Gasteiger partial charge on any atom is 0.156 e. The Morgan fingerprint density at radius 2 is 2.35 bits per heavy atom. The third-order valence-corrected chi connectivity index (χ3v) is 3.94. The minimum absolute atomic E-state index is 0.175. The summed E-state index contributed by atoms with van der Waals surface area (Å²) in [5.41, 5.74) is 0.444. The summed E-state index contributed by atoms with van der Waals surface area (Å²) in [6, 6.07) is 4.72. The molecular formula is C13H15BrFNO.